The van der Waals surface area contributed by atoms with E-state index in [-0.39, 0.29) is 17.4 Å². The van der Waals surface area contributed by atoms with Crippen molar-refractivity contribution in [2.45, 2.75) is 18.9 Å². The maximum absolute atomic E-state index is 13.7. The summed E-state index contributed by atoms with van der Waals surface area (Å²) >= 11 is 7.52. The molecule has 0 fully saturated rings. The molecule has 0 radical (unpaired) electrons. The Kier molecular flexibility index (Phi) is 4.82. The van der Waals surface area contributed by atoms with E-state index in [4.69, 9.17) is 16.6 Å². The zero-order chi connectivity index (χ0) is 22.5. The Bertz CT molecular complexity index is 1610. The summed E-state index contributed by atoms with van der Waals surface area (Å²) in [4.78, 5) is 19.3. The third-order valence-electron chi connectivity index (χ3n) is 6.28. The average Bonchev–Trinajstić information content (AvgIpc) is 3.14. The van der Waals surface area contributed by atoms with E-state index in [2.05, 4.69) is 18.2 Å². The Balaban J connectivity index is 1.64. The second kappa shape index (κ2) is 7.87. The number of aryl methyl sites for hydroxylation is 1. The summed E-state index contributed by atoms with van der Waals surface area (Å²) in [5.74, 6) is 0.144. The Hall–Kier alpha value is -3.41. The molecule has 1 aliphatic heterocycles. The second-order valence-electron chi connectivity index (χ2n) is 8.22. The van der Waals surface area contributed by atoms with Gasteiger partial charge in [0.25, 0.3) is 5.56 Å². The normalized spacial score (nSPS) is 17.2. The molecular weight excluding hydrogens is 452 g/mol. The standard InChI is InChI=1S/C27H19ClN2O2S/c28-19-12-9-17(10-13-19)25-21-14-11-16-5-1-3-7-20(16)24(21)29-27-30(25)26(32)23(33-27)15-18-6-2-4-8-22(18)31/h1-10,12-13,15,25,31H,11,14H2. The van der Waals surface area contributed by atoms with Crippen LogP contribution < -0.4 is 14.9 Å². The lowest BCUT2D eigenvalue weighted by molar-refractivity contribution is 0.474. The summed E-state index contributed by atoms with van der Waals surface area (Å²) in [7, 11) is 0. The molecule has 0 saturated carbocycles. The summed E-state index contributed by atoms with van der Waals surface area (Å²) in [5, 5.41) is 10.9. The quantitative estimate of drug-likeness (QED) is 0.462. The summed E-state index contributed by atoms with van der Waals surface area (Å²) in [6, 6.07) is 22.9. The number of aromatic nitrogens is 1. The molecule has 6 heteroatoms. The van der Waals surface area contributed by atoms with Crippen LogP contribution in [0.25, 0.3) is 11.8 Å². The highest BCUT2D eigenvalue weighted by Gasteiger charge is 2.32. The van der Waals surface area contributed by atoms with Gasteiger partial charge >= 0.3 is 0 Å². The zero-order valence-electron chi connectivity index (χ0n) is 17.5. The second-order valence-corrected chi connectivity index (χ2v) is 9.67. The number of rotatable bonds is 2. The molecule has 2 aliphatic rings. The molecule has 6 rings (SSSR count). The van der Waals surface area contributed by atoms with Crippen molar-refractivity contribution in [1.82, 2.24) is 4.57 Å². The third-order valence-corrected chi connectivity index (χ3v) is 7.52. The topological polar surface area (TPSA) is 54.6 Å². The monoisotopic (exact) mass is 470 g/mol. The van der Waals surface area contributed by atoms with Crippen molar-refractivity contribution in [3.05, 3.63) is 125 Å². The smallest absolute Gasteiger partial charge is 0.271 e. The molecular formula is C27H19ClN2O2S. The van der Waals surface area contributed by atoms with Crippen molar-refractivity contribution in [2.75, 3.05) is 0 Å². The van der Waals surface area contributed by atoms with Gasteiger partial charge in [-0.1, -0.05) is 77.5 Å². The number of allylic oxidation sites excluding steroid dienone is 1. The van der Waals surface area contributed by atoms with E-state index in [1.807, 2.05) is 36.4 Å². The predicted molar refractivity (Wildman–Crippen MR) is 132 cm³/mol. The first-order chi connectivity index (χ1) is 16.1. The summed E-state index contributed by atoms with van der Waals surface area (Å²) in [6.07, 6.45) is 3.50. The molecule has 2 heterocycles. The van der Waals surface area contributed by atoms with Gasteiger partial charge in [0.2, 0.25) is 0 Å². The van der Waals surface area contributed by atoms with Gasteiger partial charge in [0.15, 0.2) is 4.80 Å². The minimum atomic E-state index is -0.242. The number of aromatic hydroxyl groups is 1. The number of phenolic OH excluding ortho intramolecular Hbond substituents is 1. The summed E-state index contributed by atoms with van der Waals surface area (Å²) in [5.41, 5.74) is 6.05. The first-order valence-electron chi connectivity index (χ1n) is 10.8. The lowest BCUT2D eigenvalue weighted by Crippen LogP contribution is -2.38. The van der Waals surface area contributed by atoms with Gasteiger partial charge in [-0.15, -0.1) is 0 Å². The molecule has 1 atom stereocenters. The van der Waals surface area contributed by atoms with Crippen LogP contribution in [0.1, 0.15) is 34.7 Å². The van der Waals surface area contributed by atoms with E-state index in [1.165, 1.54) is 16.9 Å². The van der Waals surface area contributed by atoms with E-state index in [9.17, 15) is 9.90 Å². The van der Waals surface area contributed by atoms with Gasteiger partial charge in [-0.3, -0.25) is 9.36 Å². The molecule has 4 aromatic rings. The van der Waals surface area contributed by atoms with Crippen LogP contribution in [0.15, 0.2) is 88.2 Å². The lowest BCUT2D eigenvalue weighted by Gasteiger charge is -2.30. The number of phenols is 1. The van der Waals surface area contributed by atoms with Gasteiger partial charge in [-0.05, 0) is 53.8 Å². The summed E-state index contributed by atoms with van der Waals surface area (Å²) < 4.78 is 2.34. The fourth-order valence-corrected chi connectivity index (χ4v) is 5.84. The van der Waals surface area contributed by atoms with Crippen LogP contribution in [0.4, 0.5) is 0 Å². The number of nitrogens with zero attached hydrogens (tertiary/aromatic N) is 2. The van der Waals surface area contributed by atoms with E-state index < -0.39 is 0 Å². The van der Waals surface area contributed by atoms with Crippen molar-refractivity contribution in [2.24, 2.45) is 4.99 Å². The SMILES string of the molecule is O=c1c(=Cc2ccccc2O)sc2n1C(c1ccc(Cl)cc1)C1=C(N=2)c2ccccc2CC1. The number of hydrogen-bond donors (Lipinski definition) is 1. The first-order valence-corrected chi connectivity index (χ1v) is 12.0. The molecule has 33 heavy (non-hydrogen) atoms. The molecule has 0 saturated heterocycles. The van der Waals surface area contributed by atoms with Crippen LogP contribution in [0, 0.1) is 0 Å². The number of thiazole rings is 1. The fourth-order valence-electron chi connectivity index (χ4n) is 4.72. The maximum atomic E-state index is 13.7. The Morgan fingerprint density at radius 3 is 2.58 bits per heavy atom. The van der Waals surface area contributed by atoms with E-state index in [0.717, 1.165) is 35.2 Å². The van der Waals surface area contributed by atoms with Crippen molar-refractivity contribution >= 4 is 34.7 Å². The minimum Gasteiger partial charge on any atom is -0.507 e. The van der Waals surface area contributed by atoms with Crippen LogP contribution in [0.2, 0.25) is 5.02 Å². The highest BCUT2D eigenvalue weighted by molar-refractivity contribution is 7.07. The fraction of sp³-hybridized carbons (Fsp3) is 0.111. The predicted octanol–water partition coefficient (Wildman–Crippen LogP) is 4.68. The van der Waals surface area contributed by atoms with Gasteiger partial charge in [0.1, 0.15) is 5.75 Å². The van der Waals surface area contributed by atoms with Crippen molar-refractivity contribution in [3.63, 3.8) is 0 Å². The van der Waals surface area contributed by atoms with Gasteiger partial charge in [-0.2, -0.15) is 0 Å². The molecule has 0 spiro atoms. The van der Waals surface area contributed by atoms with Gasteiger partial charge in [0, 0.05) is 16.1 Å². The van der Waals surface area contributed by atoms with Crippen molar-refractivity contribution in [1.29, 1.82) is 0 Å². The number of hydrogen-bond acceptors (Lipinski definition) is 4. The van der Waals surface area contributed by atoms with Crippen molar-refractivity contribution < 1.29 is 5.11 Å². The maximum Gasteiger partial charge on any atom is 0.271 e. The molecule has 162 valence electrons. The molecule has 1 aromatic heterocycles. The first kappa shape index (κ1) is 20.2. The van der Waals surface area contributed by atoms with Crippen LogP contribution in [0.3, 0.4) is 0 Å². The molecule has 1 unspecified atom stereocenters. The van der Waals surface area contributed by atoms with Crippen LogP contribution in [-0.4, -0.2) is 9.67 Å². The van der Waals surface area contributed by atoms with Crippen LogP contribution in [-0.2, 0) is 6.42 Å². The van der Waals surface area contributed by atoms with Gasteiger partial charge in [-0.25, -0.2) is 4.99 Å². The third kappa shape index (κ3) is 3.36. The van der Waals surface area contributed by atoms with Gasteiger partial charge < -0.3 is 5.11 Å². The number of benzene rings is 3. The average molecular weight is 471 g/mol. The largest absolute Gasteiger partial charge is 0.507 e. The van der Waals surface area contributed by atoms with E-state index >= 15 is 0 Å². The summed E-state index contributed by atoms with van der Waals surface area (Å²) in [6.45, 7) is 0. The minimum absolute atomic E-state index is 0.104. The molecule has 1 aliphatic carbocycles. The number of halogens is 1. The zero-order valence-corrected chi connectivity index (χ0v) is 19.1. The molecule has 3 aromatic carbocycles. The molecule has 4 nitrogen and oxygen atoms in total. The number of para-hydroxylation sites is 1. The van der Waals surface area contributed by atoms with Gasteiger partial charge in [0.05, 0.1) is 16.3 Å². The Morgan fingerprint density at radius 2 is 1.76 bits per heavy atom. The highest BCUT2D eigenvalue weighted by Crippen LogP contribution is 2.41. The number of fused-ring (bicyclic) bond motifs is 3. The van der Waals surface area contributed by atoms with Crippen LogP contribution >= 0.6 is 22.9 Å². The molecule has 0 bridgehead atoms. The van der Waals surface area contributed by atoms with Crippen LogP contribution in [0.5, 0.6) is 5.75 Å². The molecule has 0 amide bonds. The molecule has 1 N–H and O–H groups in total. The van der Waals surface area contributed by atoms with E-state index in [0.29, 0.717) is 19.9 Å². The highest BCUT2D eigenvalue weighted by atomic mass is 35.5. The Morgan fingerprint density at radius 1 is 1.00 bits per heavy atom. The van der Waals surface area contributed by atoms with E-state index in [1.54, 1.807) is 28.8 Å². The Labute approximate surface area is 199 Å². The van der Waals surface area contributed by atoms with Crippen molar-refractivity contribution in [3.8, 4) is 5.75 Å². The lowest BCUT2D eigenvalue weighted by atomic mass is 9.83.